The van der Waals surface area contributed by atoms with Gasteiger partial charge in [-0.2, -0.15) is 0 Å². The number of amides is 2. The number of pyridine rings is 2. The molecule has 18 nitrogen and oxygen atoms in total. The van der Waals surface area contributed by atoms with Crippen LogP contribution in [0, 0.1) is 13.8 Å². The number of nitrogen functional groups attached to an aromatic ring is 2. The molecule has 2 atom stereocenters. The molecule has 8 heterocycles. The van der Waals surface area contributed by atoms with Crippen molar-refractivity contribution in [3.8, 4) is 22.5 Å². The highest BCUT2D eigenvalue weighted by Crippen LogP contribution is 2.33. The van der Waals surface area contributed by atoms with E-state index in [1.54, 1.807) is 49.1 Å². The van der Waals surface area contributed by atoms with E-state index in [0.29, 0.717) is 72.1 Å². The number of ether oxygens (including phenoxy) is 2. The number of morpholine rings is 2. The molecule has 0 aliphatic carbocycles. The Balaban J connectivity index is 0.000000162. The second-order valence-corrected chi connectivity index (χ2v) is 15.3. The zero-order valence-corrected chi connectivity index (χ0v) is 35.2. The van der Waals surface area contributed by atoms with Crippen molar-refractivity contribution in [1.82, 2.24) is 49.3 Å². The SMILES string of the molecule is Cc1ccnc(NC(=O)c2ccc(-c3nc(C4CNCCO4)n4ccnc(N)c34)cc2)c1.Cc1ccnc(NC(=O)c2ccc(-c3nc(C4CNCCO4)n4ccnc(N)c34)cc2)c1. The number of carbonyl (C=O) groups is 2. The molecule has 0 spiro atoms. The molecular formula is C46H46N14O4. The summed E-state index contributed by atoms with van der Waals surface area (Å²) in [7, 11) is 0. The summed E-state index contributed by atoms with van der Waals surface area (Å²) < 4.78 is 15.7. The van der Waals surface area contributed by atoms with E-state index in [0.717, 1.165) is 58.0 Å². The Morgan fingerprint density at radius 2 is 1.03 bits per heavy atom. The number of aromatic nitrogens is 8. The van der Waals surface area contributed by atoms with Crippen molar-refractivity contribution in [2.45, 2.75) is 26.1 Å². The van der Waals surface area contributed by atoms with Crippen molar-refractivity contribution < 1.29 is 19.1 Å². The molecule has 2 amide bonds. The summed E-state index contributed by atoms with van der Waals surface area (Å²) in [5, 5.41) is 12.3. The Morgan fingerprint density at radius 1 is 0.609 bits per heavy atom. The van der Waals surface area contributed by atoms with Crippen molar-refractivity contribution in [3.05, 3.63) is 144 Å². The average Bonchev–Trinajstić information content (AvgIpc) is 3.91. The first-order valence-electron chi connectivity index (χ1n) is 20.8. The van der Waals surface area contributed by atoms with Crippen LogP contribution >= 0.6 is 0 Å². The minimum atomic E-state index is -0.229. The summed E-state index contributed by atoms with van der Waals surface area (Å²) in [5.41, 5.74) is 20.0. The minimum absolute atomic E-state index is 0.182. The van der Waals surface area contributed by atoms with Gasteiger partial charge in [0.05, 0.1) is 13.2 Å². The third-order valence-corrected chi connectivity index (χ3v) is 10.8. The van der Waals surface area contributed by atoms with Gasteiger partial charge in [0.15, 0.2) is 0 Å². The number of anilines is 4. The van der Waals surface area contributed by atoms with Crippen LogP contribution in [0.4, 0.5) is 23.3 Å². The molecule has 8 N–H and O–H groups in total. The smallest absolute Gasteiger partial charge is 0.256 e. The van der Waals surface area contributed by atoms with Crippen LogP contribution in [0.3, 0.4) is 0 Å². The molecule has 2 unspecified atom stereocenters. The third kappa shape index (κ3) is 8.83. The van der Waals surface area contributed by atoms with Crippen molar-refractivity contribution in [2.75, 3.05) is 61.5 Å². The monoisotopic (exact) mass is 858 g/mol. The van der Waals surface area contributed by atoms with Gasteiger partial charge in [-0.15, -0.1) is 0 Å². The fourth-order valence-corrected chi connectivity index (χ4v) is 7.64. The molecule has 18 heteroatoms. The molecule has 2 aromatic carbocycles. The van der Waals surface area contributed by atoms with Gasteiger partial charge in [0.2, 0.25) is 0 Å². The number of nitrogens with two attached hydrogens (primary N) is 2. The van der Waals surface area contributed by atoms with Gasteiger partial charge in [-0.3, -0.25) is 18.4 Å². The lowest BCUT2D eigenvalue weighted by molar-refractivity contribution is 0.0218. The molecule has 6 aromatic heterocycles. The summed E-state index contributed by atoms with van der Waals surface area (Å²) in [6.07, 6.45) is 9.95. The Hall–Kier alpha value is -7.64. The molecule has 2 saturated heterocycles. The van der Waals surface area contributed by atoms with E-state index in [9.17, 15) is 9.59 Å². The topological polar surface area (TPSA) is 239 Å². The van der Waals surface area contributed by atoms with Crippen LogP contribution < -0.4 is 32.7 Å². The van der Waals surface area contributed by atoms with Crippen molar-refractivity contribution >= 4 is 46.1 Å². The van der Waals surface area contributed by atoms with Crippen LogP contribution in [0.25, 0.3) is 33.5 Å². The highest BCUT2D eigenvalue weighted by molar-refractivity contribution is 6.05. The minimum Gasteiger partial charge on any atom is -0.382 e. The fourth-order valence-electron chi connectivity index (χ4n) is 7.64. The Bertz CT molecular complexity index is 2760. The van der Waals surface area contributed by atoms with Gasteiger partial charge in [-0.1, -0.05) is 24.3 Å². The van der Waals surface area contributed by atoms with E-state index in [4.69, 9.17) is 30.9 Å². The van der Waals surface area contributed by atoms with Crippen LogP contribution in [0.15, 0.2) is 110 Å². The van der Waals surface area contributed by atoms with Gasteiger partial charge >= 0.3 is 0 Å². The molecular weight excluding hydrogens is 813 g/mol. The Morgan fingerprint density at radius 3 is 1.41 bits per heavy atom. The van der Waals surface area contributed by atoms with Gasteiger partial charge in [0.25, 0.3) is 11.8 Å². The summed E-state index contributed by atoms with van der Waals surface area (Å²) in [6, 6.07) is 21.9. The maximum Gasteiger partial charge on any atom is 0.256 e. The summed E-state index contributed by atoms with van der Waals surface area (Å²) in [4.78, 5) is 51.8. The Labute approximate surface area is 367 Å². The summed E-state index contributed by atoms with van der Waals surface area (Å²) in [5.74, 6) is 2.88. The van der Waals surface area contributed by atoms with E-state index >= 15 is 0 Å². The quantitative estimate of drug-likeness (QED) is 0.115. The molecule has 10 rings (SSSR count). The lowest BCUT2D eigenvalue weighted by Gasteiger charge is -2.22. The van der Waals surface area contributed by atoms with Gasteiger partial charge in [0.1, 0.15) is 69.5 Å². The number of nitrogens with one attached hydrogen (secondary N) is 4. The highest BCUT2D eigenvalue weighted by atomic mass is 16.5. The van der Waals surface area contributed by atoms with E-state index in [-0.39, 0.29) is 24.0 Å². The zero-order chi connectivity index (χ0) is 44.2. The third-order valence-electron chi connectivity index (χ3n) is 10.8. The number of hydrogen-bond acceptors (Lipinski definition) is 14. The predicted octanol–water partition coefficient (Wildman–Crippen LogP) is 5.19. The molecule has 0 bridgehead atoms. The van der Waals surface area contributed by atoms with Gasteiger partial charge < -0.3 is 42.2 Å². The first-order valence-corrected chi connectivity index (χ1v) is 20.8. The summed E-state index contributed by atoms with van der Waals surface area (Å²) >= 11 is 0. The molecule has 324 valence electrons. The number of hydrogen-bond donors (Lipinski definition) is 6. The number of rotatable bonds is 8. The van der Waals surface area contributed by atoms with Crippen LogP contribution in [0.1, 0.15) is 55.7 Å². The Kier molecular flexibility index (Phi) is 12.0. The van der Waals surface area contributed by atoms with Gasteiger partial charge in [-0.25, -0.2) is 29.9 Å². The van der Waals surface area contributed by atoms with E-state index < -0.39 is 0 Å². The summed E-state index contributed by atoms with van der Waals surface area (Å²) in [6.45, 7) is 8.12. The first-order chi connectivity index (χ1) is 31.2. The zero-order valence-electron chi connectivity index (χ0n) is 35.2. The molecule has 8 aromatic rings. The molecule has 2 aliphatic heterocycles. The van der Waals surface area contributed by atoms with E-state index in [1.165, 1.54) is 0 Å². The standard InChI is InChI=1S/2C23H23N7O2/c2*1-14-6-7-26-18(12-14)28-23(31)16-4-2-15(3-5-16)19-20-21(24)27-8-10-30(20)22(29-19)17-13-25-9-11-32-17/h2*2-8,10,12,17,25H,9,11,13H2,1H3,(H2,24,27)(H,26,28,31). The molecule has 0 radical (unpaired) electrons. The normalized spacial score (nSPS) is 16.2. The van der Waals surface area contributed by atoms with Crippen molar-refractivity contribution in [1.29, 1.82) is 0 Å². The van der Waals surface area contributed by atoms with Gasteiger partial charge in [-0.05, 0) is 73.5 Å². The van der Waals surface area contributed by atoms with E-state index in [1.807, 2.05) is 83.6 Å². The average molecular weight is 859 g/mol. The lowest BCUT2D eigenvalue weighted by atomic mass is 10.1. The number of imidazole rings is 2. The second kappa shape index (κ2) is 18.4. The predicted molar refractivity (Wildman–Crippen MR) is 243 cm³/mol. The maximum atomic E-state index is 12.6. The van der Waals surface area contributed by atoms with Crippen LogP contribution in [0.5, 0.6) is 0 Å². The van der Waals surface area contributed by atoms with Crippen molar-refractivity contribution in [2.24, 2.45) is 0 Å². The largest absolute Gasteiger partial charge is 0.382 e. The molecule has 2 aliphatic rings. The van der Waals surface area contributed by atoms with E-state index in [2.05, 4.69) is 41.2 Å². The second-order valence-electron chi connectivity index (χ2n) is 15.3. The first kappa shape index (κ1) is 41.7. The number of nitrogens with zero attached hydrogens (tertiary/aromatic N) is 8. The number of aryl methyl sites for hydroxylation is 2. The van der Waals surface area contributed by atoms with Gasteiger partial charge in [0, 0.05) is 85.6 Å². The number of carbonyl (C=O) groups excluding carboxylic acids is 2. The highest BCUT2D eigenvalue weighted by Gasteiger charge is 2.26. The van der Waals surface area contributed by atoms with Crippen LogP contribution in [0.2, 0.25) is 0 Å². The number of fused-ring (bicyclic) bond motifs is 2. The molecule has 64 heavy (non-hydrogen) atoms. The van der Waals surface area contributed by atoms with Crippen molar-refractivity contribution in [3.63, 3.8) is 0 Å². The molecule has 2 fully saturated rings. The number of benzene rings is 2. The lowest BCUT2D eigenvalue weighted by Crippen LogP contribution is -2.34. The fraction of sp³-hybridized carbons (Fsp3) is 0.217. The molecule has 0 saturated carbocycles. The maximum absolute atomic E-state index is 12.6. The van der Waals surface area contributed by atoms with Crippen LogP contribution in [-0.2, 0) is 9.47 Å². The van der Waals surface area contributed by atoms with Crippen LogP contribution in [-0.4, -0.2) is 89.9 Å².